The lowest BCUT2D eigenvalue weighted by Crippen LogP contribution is -2.42. The van der Waals surface area contributed by atoms with Crippen LogP contribution in [0, 0.1) is 6.92 Å². The lowest BCUT2D eigenvalue weighted by Gasteiger charge is -2.20. The molecule has 1 N–H and O–H groups in total. The Morgan fingerprint density at radius 2 is 2.17 bits per heavy atom. The van der Waals surface area contributed by atoms with Gasteiger partial charge in [-0.1, -0.05) is 28.1 Å². The number of carbonyl (C=O) groups excluding carboxylic acids is 1. The SMILES string of the molecule is CCN(C)C(=O)C(C)NCc1ccc(C)cc1Br. The number of aryl methyl sites for hydroxylation is 1. The average molecular weight is 313 g/mol. The van der Waals surface area contributed by atoms with Crippen LogP contribution in [0.25, 0.3) is 0 Å². The molecule has 1 aromatic rings. The minimum absolute atomic E-state index is 0.126. The number of rotatable bonds is 5. The molecule has 0 saturated heterocycles. The summed E-state index contributed by atoms with van der Waals surface area (Å²) >= 11 is 3.54. The zero-order chi connectivity index (χ0) is 13.7. The van der Waals surface area contributed by atoms with Gasteiger partial charge in [-0.15, -0.1) is 0 Å². The van der Waals surface area contributed by atoms with Gasteiger partial charge in [-0.25, -0.2) is 0 Å². The first kappa shape index (κ1) is 15.2. The van der Waals surface area contributed by atoms with Crippen LogP contribution >= 0.6 is 15.9 Å². The van der Waals surface area contributed by atoms with Crippen LogP contribution in [0.15, 0.2) is 22.7 Å². The fraction of sp³-hybridized carbons (Fsp3) is 0.500. The smallest absolute Gasteiger partial charge is 0.239 e. The van der Waals surface area contributed by atoms with E-state index in [0.717, 1.165) is 11.0 Å². The number of nitrogens with one attached hydrogen (secondary N) is 1. The molecule has 1 amide bonds. The summed E-state index contributed by atoms with van der Waals surface area (Å²) in [5.74, 6) is 0.126. The van der Waals surface area contributed by atoms with Crippen molar-refractivity contribution in [2.75, 3.05) is 13.6 Å². The summed E-state index contributed by atoms with van der Waals surface area (Å²) in [6.07, 6.45) is 0. The first-order valence-corrected chi connectivity index (χ1v) is 6.98. The third-order valence-corrected chi connectivity index (χ3v) is 3.77. The predicted molar refractivity (Wildman–Crippen MR) is 78.5 cm³/mol. The zero-order valence-electron chi connectivity index (χ0n) is 11.5. The average Bonchev–Trinajstić information content (AvgIpc) is 2.35. The monoisotopic (exact) mass is 312 g/mol. The first-order valence-electron chi connectivity index (χ1n) is 6.19. The molecule has 1 atom stereocenters. The standard InChI is InChI=1S/C14H21BrN2O/c1-5-17(4)14(18)11(3)16-9-12-7-6-10(2)8-13(12)15/h6-8,11,16H,5,9H2,1-4H3. The maximum atomic E-state index is 11.9. The molecule has 0 radical (unpaired) electrons. The van der Waals surface area contributed by atoms with Crippen molar-refractivity contribution in [2.45, 2.75) is 33.4 Å². The normalized spacial score (nSPS) is 12.3. The highest BCUT2D eigenvalue weighted by atomic mass is 79.9. The highest BCUT2D eigenvalue weighted by Crippen LogP contribution is 2.18. The number of benzene rings is 1. The number of carbonyl (C=O) groups is 1. The largest absolute Gasteiger partial charge is 0.345 e. The van der Waals surface area contributed by atoms with Gasteiger partial charge in [-0.05, 0) is 38.0 Å². The molecule has 100 valence electrons. The topological polar surface area (TPSA) is 32.3 Å². The summed E-state index contributed by atoms with van der Waals surface area (Å²) in [6, 6.07) is 6.07. The van der Waals surface area contributed by atoms with Crippen LogP contribution in [0.3, 0.4) is 0 Å². The van der Waals surface area contributed by atoms with E-state index in [1.807, 2.05) is 20.9 Å². The molecule has 0 spiro atoms. The maximum Gasteiger partial charge on any atom is 0.239 e. The molecule has 3 nitrogen and oxygen atoms in total. The van der Waals surface area contributed by atoms with E-state index in [9.17, 15) is 4.79 Å². The fourth-order valence-corrected chi connectivity index (χ4v) is 2.27. The van der Waals surface area contributed by atoms with Crippen LogP contribution in [0.1, 0.15) is 25.0 Å². The summed E-state index contributed by atoms with van der Waals surface area (Å²) < 4.78 is 1.08. The van der Waals surface area contributed by atoms with Crippen molar-refractivity contribution in [3.05, 3.63) is 33.8 Å². The molecule has 0 fully saturated rings. The summed E-state index contributed by atoms with van der Waals surface area (Å²) in [6.45, 7) is 7.35. The van der Waals surface area contributed by atoms with Crippen molar-refractivity contribution >= 4 is 21.8 Å². The van der Waals surface area contributed by atoms with Crippen molar-refractivity contribution in [3.8, 4) is 0 Å². The van der Waals surface area contributed by atoms with Gasteiger partial charge in [0.15, 0.2) is 0 Å². The Hall–Kier alpha value is -0.870. The zero-order valence-corrected chi connectivity index (χ0v) is 13.0. The van der Waals surface area contributed by atoms with Crippen molar-refractivity contribution in [3.63, 3.8) is 0 Å². The number of amides is 1. The van der Waals surface area contributed by atoms with Crippen molar-refractivity contribution in [1.82, 2.24) is 10.2 Å². The van der Waals surface area contributed by atoms with E-state index in [0.29, 0.717) is 6.54 Å². The van der Waals surface area contributed by atoms with E-state index in [1.54, 1.807) is 4.90 Å². The number of halogens is 1. The molecule has 0 aliphatic heterocycles. The van der Waals surface area contributed by atoms with Crippen LogP contribution in [-0.4, -0.2) is 30.4 Å². The van der Waals surface area contributed by atoms with Crippen LogP contribution in [0.5, 0.6) is 0 Å². The van der Waals surface area contributed by atoms with Crippen molar-refractivity contribution in [1.29, 1.82) is 0 Å². The molecule has 0 heterocycles. The Morgan fingerprint density at radius 1 is 1.50 bits per heavy atom. The van der Waals surface area contributed by atoms with Gasteiger partial charge in [0.25, 0.3) is 0 Å². The minimum Gasteiger partial charge on any atom is -0.345 e. The molecule has 0 bridgehead atoms. The number of hydrogen-bond acceptors (Lipinski definition) is 2. The van der Waals surface area contributed by atoms with Crippen LogP contribution < -0.4 is 5.32 Å². The summed E-state index contributed by atoms with van der Waals surface area (Å²) in [7, 11) is 1.82. The Balaban J connectivity index is 2.57. The highest BCUT2D eigenvalue weighted by Gasteiger charge is 2.15. The maximum absolute atomic E-state index is 11.9. The first-order chi connectivity index (χ1) is 8.45. The molecular formula is C14H21BrN2O. The van der Waals surface area contributed by atoms with E-state index in [-0.39, 0.29) is 11.9 Å². The minimum atomic E-state index is -0.164. The summed E-state index contributed by atoms with van der Waals surface area (Å²) in [4.78, 5) is 13.6. The van der Waals surface area contributed by atoms with E-state index < -0.39 is 0 Å². The molecule has 1 unspecified atom stereocenters. The van der Waals surface area contributed by atoms with Gasteiger partial charge in [-0.2, -0.15) is 0 Å². The summed E-state index contributed by atoms with van der Waals surface area (Å²) in [5.41, 5.74) is 2.39. The highest BCUT2D eigenvalue weighted by molar-refractivity contribution is 9.10. The van der Waals surface area contributed by atoms with E-state index in [2.05, 4.69) is 46.4 Å². The van der Waals surface area contributed by atoms with E-state index in [4.69, 9.17) is 0 Å². The predicted octanol–water partition coefficient (Wildman–Crippen LogP) is 2.71. The number of nitrogens with zero attached hydrogens (tertiary/aromatic N) is 1. The molecular weight excluding hydrogens is 292 g/mol. The van der Waals surface area contributed by atoms with Crippen LogP contribution in [0.4, 0.5) is 0 Å². The fourth-order valence-electron chi connectivity index (χ4n) is 1.63. The van der Waals surface area contributed by atoms with Gasteiger partial charge in [0.2, 0.25) is 5.91 Å². The second kappa shape index (κ2) is 6.90. The Morgan fingerprint density at radius 3 is 2.72 bits per heavy atom. The molecule has 18 heavy (non-hydrogen) atoms. The Kier molecular flexibility index (Phi) is 5.82. The van der Waals surface area contributed by atoms with E-state index >= 15 is 0 Å². The number of likely N-dealkylation sites (N-methyl/N-ethyl adjacent to an activating group) is 1. The van der Waals surface area contributed by atoms with Gasteiger partial charge in [0, 0.05) is 24.6 Å². The van der Waals surface area contributed by atoms with Crippen LogP contribution in [0.2, 0.25) is 0 Å². The Labute approximate surface area is 118 Å². The lowest BCUT2D eigenvalue weighted by atomic mass is 10.1. The third kappa shape index (κ3) is 4.10. The lowest BCUT2D eigenvalue weighted by molar-refractivity contribution is -0.131. The molecule has 1 rings (SSSR count). The van der Waals surface area contributed by atoms with Crippen LogP contribution in [-0.2, 0) is 11.3 Å². The van der Waals surface area contributed by atoms with Crippen molar-refractivity contribution in [2.24, 2.45) is 0 Å². The Bertz CT molecular complexity index is 420. The quantitative estimate of drug-likeness (QED) is 0.906. The second-order valence-electron chi connectivity index (χ2n) is 4.55. The molecule has 4 heteroatoms. The molecule has 1 aromatic carbocycles. The van der Waals surface area contributed by atoms with E-state index in [1.165, 1.54) is 11.1 Å². The van der Waals surface area contributed by atoms with Gasteiger partial charge < -0.3 is 10.2 Å². The number of hydrogen-bond donors (Lipinski definition) is 1. The second-order valence-corrected chi connectivity index (χ2v) is 5.40. The molecule has 0 aliphatic rings. The molecule has 0 saturated carbocycles. The van der Waals surface area contributed by atoms with Gasteiger partial charge in [0.05, 0.1) is 6.04 Å². The van der Waals surface area contributed by atoms with Crippen molar-refractivity contribution < 1.29 is 4.79 Å². The van der Waals surface area contributed by atoms with Gasteiger partial charge in [0.1, 0.15) is 0 Å². The summed E-state index contributed by atoms with van der Waals surface area (Å²) in [5, 5.41) is 3.25. The molecule has 0 aromatic heterocycles. The van der Waals surface area contributed by atoms with Gasteiger partial charge in [-0.3, -0.25) is 4.79 Å². The van der Waals surface area contributed by atoms with Gasteiger partial charge >= 0.3 is 0 Å². The molecule has 0 aliphatic carbocycles. The third-order valence-electron chi connectivity index (χ3n) is 3.03.